The topological polar surface area (TPSA) is 83.8 Å². The normalized spacial score (nSPS) is 39.9. The lowest BCUT2D eigenvalue weighted by Crippen LogP contribution is -2.32. The first-order valence-corrected chi connectivity index (χ1v) is 6.88. The summed E-state index contributed by atoms with van der Waals surface area (Å²) < 4.78 is 5.26. The zero-order valence-electron chi connectivity index (χ0n) is 11.7. The van der Waals surface area contributed by atoms with Gasteiger partial charge in [0, 0.05) is 17.9 Å². The van der Waals surface area contributed by atoms with Gasteiger partial charge in [-0.25, -0.2) is 4.79 Å². The van der Waals surface area contributed by atoms with E-state index in [4.69, 9.17) is 4.74 Å². The minimum absolute atomic E-state index is 0.153. The summed E-state index contributed by atoms with van der Waals surface area (Å²) in [6.07, 6.45) is 3.55. The van der Waals surface area contributed by atoms with Crippen molar-refractivity contribution in [2.45, 2.75) is 45.3 Å². The van der Waals surface area contributed by atoms with Gasteiger partial charge in [0.1, 0.15) is 6.10 Å². The fourth-order valence-electron chi connectivity index (χ4n) is 2.94. The molecular weight excluding hydrogens is 260 g/mol. The highest BCUT2D eigenvalue weighted by atomic mass is 16.6. The Morgan fingerprint density at radius 1 is 1.45 bits per heavy atom. The molecule has 5 nitrogen and oxygen atoms in total. The maximum absolute atomic E-state index is 11.7. The van der Waals surface area contributed by atoms with Gasteiger partial charge in [-0.05, 0) is 19.8 Å². The fourth-order valence-corrected chi connectivity index (χ4v) is 2.94. The third kappa shape index (κ3) is 2.93. The van der Waals surface area contributed by atoms with Crippen molar-refractivity contribution in [3.05, 3.63) is 23.3 Å². The molecule has 0 saturated carbocycles. The number of carboxylic acid groups (broad SMARTS) is 1. The van der Waals surface area contributed by atoms with Crippen LogP contribution in [-0.4, -0.2) is 34.4 Å². The largest absolute Gasteiger partial charge is 0.478 e. The van der Waals surface area contributed by atoms with E-state index >= 15 is 0 Å². The van der Waals surface area contributed by atoms with Crippen LogP contribution < -0.4 is 0 Å². The summed E-state index contributed by atoms with van der Waals surface area (Å²) in [5.74, 6) is -2.17. The number of carbonyl (C=O) groups is 2. The van der Waals surface area contributed by atoms with Crippen LogP contribution in [0.2, 0.25) is 0 Å². The van der Waals surface area contributed by atoms with Crippen LogP contribution in [0.4, 0.5) is 0 Å². The highest BCUT2D eigenvalue weighted by Gasteiger charge is 2.45. The second kappa shape index (κ2) is 5.79. The Kier molecular flexibility index (Phi) is 4.28. The predicted octanol–water partition coefficient (Wildman–Crippen LogP) is 1.67. The van der Waals surface area contributed by atoms with Gasteiger partial charge in [-0.1, -0.05) is 24.6 Å². The third-order valence-corrected chi connectivity index (χ3v) is 4.12. The van der Waals surface area contributed by atoms with Crippen molar-refractivity contribution in [2.24, 2.45) is 11.8 Å². The molecule has 2 N–H and O–H groups in total. The van der Waals surface area contributed by atoms with Crippen LogP contribution in [0.3, 0.4) is 0 Å². The molecular formula is C15H20O5. The molecule has 0 aromatic rings. The molecule has 0 radical (unpaired) electrons. The number of rotatable bonds is 1. The Bertz CT molecular complexity index is 477. The number of aliphatic carboxylic acids is 1. The lowest BCUT2D eigenvalue weighted by molar-refractivity contribution is -0.144. The van der Waals surface area contributed by atoms with Crippen LogP contribution in [0, 0.1) is 11.8 Å². The van der Waals surface area contributed by atoms with Crippen LogP contribution in [0.15, 0.2) is 23.3 Å². The predicted molar refractivity (Wildman–Crippen MR) is 71.9 cm³/mol. The van der Waals surface area contributed by atoms with Crippen LogP contribution in [0.1, 0.15) is 33.1 Å². The quantitative estimate of drug-likeness (QED) is 0.564. The van der Waals surface area contributed by atoms with E-state index in [1.165, 1.54) is 0 Å². The van der Waals surface area contributed by atoms with E-state index in [-0.39, 0.29) is 18.0 Å². The summed E-state index contributed by atoms with van der Waals surface area (Å²) in [5.41, 5.74) is 1.24. The molecule has 1 heterocycles. The first-order valence-electron chi connectivity index (χ1n) is 6.88. The molecule has 0 unspecified atom stereocenters. The molecule has 1 aliphatic carbocycles. The number of hydrogen-bond acceptors (Lipinski definition) is 4. The first kappa shape index (κ1) is 14.8. The van der Waals surface area contributed by atoms with E-state index in [9.17, 15) is 19.8 Å². The molecule has 0 aromatic heterocycles. The van der Waals surface area contributed by atoms with Crippen LogP contribution in [0.25, 0.3) is 0 Å². The molecule has 4 atom stereocenters. The van der Waals surface area contributed by atoms with Gasteiger partial charge in [0.25, 0.3) is 0 Å². The van der Waals surface area contributed by atoms with Crippen molar-refractivity contribution < 1.29 is 24.5 Å². The molecule has 5 heteroatoms. The van der Waals surface area contributed by atoms with E-state index in [1.807, 2.05) is 6.92 Å². The smallest absolute Gasteiger partial charge is 0.331 e. The highest BCUT2D eigenvalue weighted by Crippen LogP contribution is 2.36. The lowest BCUT2D eigenvalue weighted by atomic mass is 9.82. The van der Waals surface area contributed by atoms with Gasteiger partial charge in [0.05, 0.1) is 12.0 Å². The third-order valence-electron chi connectivity index (χ3n) is 4.12. The number of fused-ring (bicyclic) bond motifs is 1. The average molecular weight is 280 g/mol. The number of aliphatic hydroxyl groups is 1. The summed E-state index contributed by atoms with van der Waals surface area (Å²) in [7, 11) is 0. The SMILES string of the molecule is C/C1=C\[C@H](O)[C@H]2[C@H](C)C(=O)O[C@@H]2C/C(C(=O)O)=C/CC1. The maximum Gasteiger partial charge on any atom is 0.331 e. The van der Waals surface area contributed by atoms with E-state index < -0.39 is 30.0 Å². The summed E-state index contributed by atoms with van der Waals surface area (Å²) in [6, 6.07) is 0. The molecule has 20 heavy (non-hydrogen) atoms. The molecule has 0 bridgehead atoms. The van der Waals surface area contributed by atoms with Crippen LogP contribution >= 0.6 is 0 Å². The van der Waals surface area contributed by atoms with Crippen LogP contribution in [-0.2, 0) is 14.3 Å². The van der Waals surface area contributed by atoms with Gasteiger partial charge >= 0.3 is 11.9 Å². The zero-order valence-corrected chi connectivity index (χ0v) is 11.7. The Morgan fingerprint density at radius 3 is 2.80 bits per heavy atom. The van der Waals surface area contributed by atoms with Gasteiger partial charge in [-0.3, -0.25) is 4.79 Å². The molecule has 0 amide bonds. The fraction of sp³-hybridized carbons (Fsp3) is 0.600. The molecule has 110 valence electrons. The Hall–Kier alpha value is -1.62. The summed E-state index contributed by atoms with van der Waals surface area (Å²) >= 11 is 0. The molecule has 2 rings (SSSR count). The van der Waals surface area contributed by atoms with Crippen molar-refractivity contribution in [1.82, 2.24) is 0 Å². The van der Waals surface area contributed by atoms with Gasteiger partial charge in [-0.15, -0.1) is 0 Å². The molecule has 1 aliphatic heterocycles. The average Bonchev–Trinajstić information content (AvgIpc) is 2.63. The number of allylic oxidation sites excluding steroid dienone is 2. The van der Waals surface area contributed by atoms with Crippen molar-refractivity contribution in [3.8, 4) is 0 Å². The summed E-state index contributed by atoms with van der Waals surface area (Å²) in [5, 5.41) is 19.5. The van der Waals surface area contributed by atoms with E-state index in [2.05, 4.69) is 0 Å². The Labute approximate surface area is 117 Å². The standard InChI is InChI=1S/C15H20O5/c1-8-4-3-5-10(14(17)18)7-12-13(11(16)6-8)9(2)15(19)20-12/h5-6,9,11-13,16H,3-4,7H2,1-2H3,(H,17,18)/b8-6+,10-5-/t9-,11-,12+,13+/m0/s1. The van der Waals surface area contributed by atoms with Crippen LogP contribution in [0.5, 0.6) is 0 Å². The molecule has 1 fully saturated rings. The zero-order chi connectivity index (χ0) is 14.9. The molecule has 0 aromatic carbocycles. The van der Waals surface area contributed by atoms with Gasteiger partial charge in [-0.2, -0.15) is 0 Å². The van der Waals surface area contributed by atoms with E-state index in [0.717, 1.165) is 5.57 Å². The van der Waals surface area contributed by atoms with Crippen molar-refractivity contribution in [1.29, 1.82) is 0 Å². The maximum atomic E-state index is 11.7. The Morgan fingerprint density at radius 2 is 2.15 bits per heavy atom. The summed E-state index contributed by atoms with van der Waals surface area (Å²) in [6.45, 7) is 3.62. The summed E-state index contributed by atoms with van der Waals surface area (Å²) in [4.78, 5) is 23.0. The van der Waals surface area contributed by atoms with E-state index in [0.29, 0.717) is 12.8 Å². The second-order valence-electron chi connectivity index (χ2n) is 5.62. The number of carbonyl (C=O) groups excluding carboxylic acids is 1. The Balaban J connectivity index is 2.35. The van der Waals surface area contributed by atoms with Gasteiger partial charge < -0.3 is 14.9 Å². The minimum Gasteiger partial charge on any atom is -0.478 e. The number of hydrogen-bond donors (Lipinski definition) is 2. The minimum atomic E-state index is -0.990. The number of aliphatic hydroxyl groups excluding tert-OH is 1. The van der Waals surface area contributed by atoms with E-state index in [1.54, 1.807) is 19.1 Å². The van der Waals surface area contributed by atoms with Gasteiger partial charge in [0.15, 0.2) is 0 Å². The number of carboxylic acids is 1. The first-order chi connectivity index (χ1) is 9.40. The number of ether oxygens (including phenoxy) is 1. The molecule has 2 aliphatic rings. The highest BCUT2D eigenvalue weighted by molar-refractivity contribution is 5.87. The molecule has 1 saturated heterocycles. The van der Waals surface area contributed by atoms with Gasteiger partial charge in [0.2, 0.25) is 0 Å². The number of esters is 1. The second-order valence-corrected chi connectivity index (χ2v) is 5.62. The van der Waals surface area contributed by atoms with Crippen molar-refractivity contribution in [3.63, 3.8) is 0 Å². The van der Waals surface area contributed by atoms with Crippen molar-refractivity contribution >= 4 is 11.9 Å². The monoisotopic (exact) mass is 280 g/mol. The van der Waals surface area contributed by atoms with Crippen molar-refractivity contribution in [2.75, 3.05) is 0 Å². The lowest BCUT2D eigenvalue weighted by Gasteiger charge is -2.24. The molecule has 0 spiro atoms.